The van der Waals surface area contributed by atoms with Crippen molar-refractivity contribution < 1.29 is 14.4 Å². The van der Waals surface area contributed by atoms with E-state index in [1.807, 2.05) is 18.2 Å². The van der Waals surface area contributed by atoms with E-state index in [1.54, 1.807) is 24.5 Å². The summed E-state index contributed by atoms with van der Waals surface area (Å²) in [6.07, 6.45) is 4.66. The molecule has 1 saturated heterocycles. The van der Waals surface area contributed by atoms with Crippen LogP contribution in [-0.4, -0.2) is 41.1 Å². The zero-order valence-electron chi connectivity index (χ0n) is 14.1. The molecule has 0 bridgehead atoms. The summed E-state index contributed by atoms with van der Waals surface area (Å²) in [7, 11) is 1.44. The van der Waals surface area contributed by atoms with Gasteiger partial charge in [0.05, 0.1) is 24.7 Å². The molecule has 0 N–H and O–H groups in total. The first-order valence-electron chi connectivity index (χ1n) is 8.20. The number of nitrogens with zero attached hydrogens (tertiary/aromatic N) is 3. The van der Waals surface area contributed by atoms with E-state index >= 15 is 0 Å². The van der Waals surface area contributed by atoms with Gasteiger partial charge in [-0.15, -0.1) is 0 Å². The van der Waals surface area contributed by atoms with Gasteiger partial charge in [0.25, 0.3) is 0 Å². The molecular formula is C18H21N3O4. The number of hydrogen-bond donors (Lipinski definition) is 0. The van der Waals surface area contributed by atoms with Crippen molar-refractivity contribution in [2.75, 3.05) is 20.2 Å². The number of aromatic nitrogens is 1. The Morgan fingerprint density at radius 3 is 2.80 bits per heavy atom. The van der Waals surface area contributed by atoms with E-state index in [2.05, 4.69) is 9.88 Å². The maximum absolute atomic E-state index is 11.1. The van der Waals surface area contributed by atoms with E-state index in [1.165, 1.54) is 7.11 Å². The SMILES string of the molecule is COc1ccc(CN2CCC(OCc3ccncc3)C2)cc1[N+](=O)[O-]. The summed E-state index contributed by atoms with van der Waals surface area (Å²) in [6, 6.07) is 9.01. The predicted molar refractivity (Wildman–Crippen MR) is 92.4 cm³/mol. The minimum absolute atomic E-state index is 0.00434. The molecule has 7 nitrogen and oxygen atoms in total. The molecular weight excluding hydrogens is 322 g/mol. The number of nitro groups is 1. The summed E-state index contributed by atoms with van der Waals surface area (Å²) in [5, 5.41) is 11.1. The average molecular weight is 343 g/mol. The number of ether oxygens (including phenoxy) is 2. The van der Waals surface area contributed by atoms with Gasteiger partial charge in [0.1, 0.15) is 0 Å². The Bertz CT molecular complexity index is 724. The van der Waals surface area contributed by atoms with Gasteiger partial charge < -0.3 is 9.47 Å². The molecule has 0 saturated carbocycles. The van der Waals surface area contributed by atoms with Gasteiger partial charge in [0.2, 0.25) is 0 Å². The topological polar surface area (TPSA) is 77.7 Å². The summed E-state index contributed by atoms with van der Waals surface area (Å²) < 4.78 is 11.0. The molecule has 1 aromatic heterocycles. The Balaban J connectivity index is 1.54. The largest absolute Gasteiger partial charge is 0.490 e. The fraction of sp³-hybridized carbons (Fsp3) is 0.389. The Hall–Kier alpha value is -2.51. The lowest BCUT2D eigenvalue weighted by atomic mass is 10.2. The van der Waals surface area contributed by atoms with Crippen molar-refractivity contribution in [2.24, 2.45) is 0 Å². The third kappa shape index (κ3) is 4.52. The van der Waals surface area contributed by atoms with E-state index in [4.69, 9.17) is 9.47 Å². The summed E-state index contributed by atoms with van der Waals surface area (Å²) >= 11 is 0. The van der Waals surface area contributed by atoms with Gasteiger partial charge in [-0.1, -0.05) is 6.07 Å². The number of hydrogen-bond acceptors (Lipinski definition) is 6. The van der Waals surface area contributed by atoms with E-state index in [-0.39, 0.29) is 17.5 Å². The second-order valence-corrected chi connectivity index (χ2v) is 6.08. The van der Waals surface area contributed by atoms with Gasteiger partial charge >= 0.3 is 5.69 Å². The summed E-state index contributed by atoms with van der Waals surface area (Å²) in [5.41, 5.74) is 2.02. The van der Waals surface area contributed by atoms with Gasteiger partial charge in [-0.2, -0.15) is 0 Å². The highest BCUT2D eigenvalue weighted by molar-refractivity contribution is 5.48. The van der Waals surface area contributed by atoms with E-state index in [0.29, 0.717) is 13.2 Å². The van der Waals surface area contributed by atoms with Crippen LogP contribution in [0, 0.1) is 10.1 Å². The van der Waals surface area contributed by atoms with Crippen LogP contribution in [-0.2, 0) is 17.9 Å². The van der Waals surface area contributed by atoms with Crippen LogP contribution in [0.25, 0.3) is 0 Å². The quantitative estimate of drug-likeness (QED) is 0.568. The fourth-order valence-corrected chi connectivity index (χ4v) is 3.00. The number of pyridine rings is 1. The van der Waals surface area contributed by atoms with Crippen LogP contribution >= 0.6 is 0 Å². The minimum atomic E-state index is -0.410. The van der Waals surface area contributed by atoms with Crippen molar-refractivity contribution in [3.05, 3.63) is 64.0 Å². The lowest BCUT2D eigenvalue weighted by Crippen LogP contribution is -2.23. The van der Waals surface area contributed by atoms with Crippen molar-refractivity contribution in [1.82, 2.24) is 9.88 Å². The third-order valence-corrected chi connectivity index (χ3v) is 4.31. The molecule has 1 unspecified atom stereocenters. The lowest BCUT2D eigenvalue weighted by Gasteiger charge is -2.16. The lowest BCUT2D eigenvalue weighted by molar-refractivity contribution is -0.385. The van der Waals surface area contributed by atoms with Crippen molar-refractivity contribution >= 4 is 5.69 Å². The molecule has 0 radical (unpaired) electrons. The standard InChI is InChI=1S/C18H21N3O4/c1-24-18-3-2-15(10-17(18)21(22)23)11-20-9-6-16(12-20)25-13-14-4-7-19-8-5-14/h2-5,7-8,10,16H,6,9,11-13H2,1H3. The van der Waals surface area contributed by atoms with Gasteiger partial charge in [-0.3, -0.25) is 20.0 Å². The third-order valence-electron chi connectivity index (χ3n) is 4.31. The van der Waals surface area contributed by atoms with Gasteiger partial charge in [0.15, 0.2) is 5.75 Å². The number of likely N-dealkylation sites (tertiary alicyclic amines) is 1. The predicted octanol–water partition coefficient (Wildman–Crippen LogP) is 2.79. The van der Waals surface area contributed by atoms with Crippen molar-refractivity contribution in [3.63, 3.8) is 0 Å². The van der Waals surface area contributed by atoms with Crippen LogP contribution in [0.2, 0.25) is 0 Å². The molecule has 0 amide bonds. The molecule has 2 aromatic rings. The minimum Gasteiger partial charge on any atom is -0.490 e. The van der Waals surface area contributed by atoms with E-state index in [0.717, 1.165) is 30.6 Å². The summed E-state index contributed by atoms with van der Waals surface area (Å²) in [4.78, 5) is 17.0. The molecule has 1 aliphatic rings. The van der Waals surface area contributed by atoms with Crippen LogP contribution in [0.1, 0.15) is 17.5 Å². The highest BCUT2D eigenvalue weighted by Crippen LogP contribution is 2.28. The number of benzene rings is 1. The van der Waals surface area contributed by atoms with Crippen LogP contribution in [0.15, 0.2) is 42.7 Å². The first-order valence-corrected chi connectivity index (χ1v) is 8.20. The van der Waals surface area contributed by atoms with Crippen LogP contribution in [0.4, 0.5) is 5.69 Å². The maximum Gasteiger partial charge on any atom is 0.311 e. The first-order chi connectivity index (χ1) is 12.2. The highest BCUT2D eigenvalue weighted by atomic mass is 16.6. The number of methoxy groups -OCH3 is 1. The first kappa shape index (κ1) is 17.3. The number of nitro benzene ring substituents is 1. The fourth-order valence-electron chi connectivity index (χ4n) is 3.00. The smallest absolute Gasteiger partial charge is 0.311 e. The van der Waals surface area contributed by atoms with Crippen molar-refractivity contribution in [1.29, 1.82) is 0 Å². The molecule has 25 heavy (non-hydrogen) atoms. The van der Waals surface area contributed by atoms with Crippen LogP contribution in [0.3, 0.4) is 0 Å². The maximum atomic E-state index is 11.1. The molecule has 2 heterocycles. The molecule has 0 aliphatic carbocycles. The van der Waals surface area contributed by atoms with Gasteiger partial charge in [0, 0.05) is 38.1 Å². The molecule has 1 aromatic carbocycles. The molecule has 1 atom stereocenters. The Morgan fingerprint density at radius 2 is 2.08 bits per heavy atom. The van der Waals surface area contributed by atoms with Crippen molar-refractivity contribution in [2.45, 2.75) is 25.7 Å². The van der Waals surface area contributed by atoms with Crippen LogP contribution < -0.4 is 4.74 Å². The second kappa shape index (κ2) is 8.04. The molecule has 3 rings (SSSR count). The van der Waals surface area contributed by atoms with E-state index < -0.39 is 4.92 Å². The average Bonchev–Trinajstić information content (AvgIpc) is 3.08. The monoisotopic (exact) mass is 343 g/mol. The molecule has 132 valence electrons. The zero-order valence-corrected chi connectivity index (χ0v) is 14.1. The van der Waals surface area contributed by atoms with Gasteiger partial charge in [-0.05, 0) is 35.7 Å². The van der Waals surface area contributed by atoms with Crippen molar-refractivity contribution in [3.8, 4) is 5.75 Å². The Kier molecular flexibility index (Phi) is 5.57. The number of rotatable bonds is 7. The molecule has 7 heteroatoms. The van der Waals surface area contributed by atoms with Crippen LogP contribution in [0.5, 0.6) is 5.75 Å². The van der Waals surface area contributed by atoms with E-state index in [9.17, 15) is 10.1 Å². The summed E-state index contributed by atoms with van der Waals surface area (Å²) in [6.45, 7) is 2.99. The normalized spacial score (nSPS) is 17.6. The summed E-state index contributed by atoms with van der Waals surface area (Å²) in [5.74, 6) is 0.286. The Labute approximate surface area is 146 Å². The molecule has 1 aliphatic heterocycles. The second-order valence-electron chi connectivity index (χ2n) is 6.08. The molecule has 0 spiro atoms. The Morgan fingerprint density at radius 1 is 1.28 bits per heavy atom. The zero-order chi connectivity index (χ0) is 17.6. The molecule has 1 fully saturated rings. The highest BCUT2D eigenvalue weighted by Gasteiger charge is 2.24. The van der Waals surface area contributed by atoms with Gasteiger partial charge in [-0.25, -0.2) is 0 Å².